The molecule has 2 heterocycles. The SMILES string of the molecule is CC(C)c1ccc2c(c1)C1OCCCC1[C@H](c1ccc(O)cc1)N2. The molecule has 0 amide bonds. The van der Waals surface area contributed by atoms with E-state index < -0.39 is 0 Å². The predicted octanol–water partition coefficient (Wildman–Crippen LogP) is 5.15. The van der Waals surface area contributed by atoms with Crippen LogP contribution in [0.2, 0.25) is 0 Å². The molecule has 2 aliphatic heterocycles. The Morgan fingerprint density at radius 3 is 2.67 bits per heavy atom. The van der Waals surface area contributed by atoms with Crippen molar-refractivity contribution in [3.8, 4) is 5.75 Å². The van der Waals surface area contributed by atoms with E-state index in [1.807, 2.05) is 12.1 Å². The zero-order chi connectivity index (χ0) is 16.7. The van der Waals surface area contributed by atoms with Crippen LogP contribution in [0.15, 0.2) is 42.5 Å². The molecule has 2 aliphatic rings. The lowest BCUT2D eigenvalue weighted by atomic mass is 9.77. The Kier molecular flexibility index (Phi) is 3.97. The standard InChI is InChI=1S/C21H25NO2/c1-13(2)15-7-10-19-18(12-15)21-17(4-3-11-24-21)20(22-19)14-5-8-16(23)9-6-14/h5-10,12-13,17,20-23H,3-4,11H2,1-2H3/t17?,20-,21?/m0/s1. The maximum Gasteiger partial charge on any atom is 0.115 e. The molecule has 4 rings (SSSR count). The first-order valence-electron chi connectivity index (χ1n) is 8.94. The molecule has 0 bridgehead atoms. The van der Waals surface area contributed by atoms with Crippen molar-refractivity contribution in [3.63, 3.8) is 0 Å². The fraction of sp³-hybridized carbons (Fsp3) is 0.429. The topological polar surface area (TPSA) is 41.5 Å². The van der Waals surface area contributed by atoms with Crippen molar-refractivity contribution in [3.05, 3.63) is 59.2 Å². The molecule has 0 aliphatic carbocycles. The predicted molar refractivity (Wildman–Crippen MR) is 96.4 cm³/mol. The van der Waals surface area contributed by atoms with Gasteiger partial charge in [0.1, 0.15) is 5.75 Å². The molecule has 0 radical (unpaired) electrons. The van der Waals surface area contributed by atoms with E-state index in [1.165, 1.54) is 22.4 Å². The third-order valence-corrected chi connectivity index (χ3v) is 5.41. The molecule has 126 valence electrons. The van der Waals surface area contributed by atoms with Gasteiger partial charge in [0.15, 0.2) is 0 Å². The van der Waals surface area contributed by atoms with Crippen LogP contribution in [0.25, 0.3) is 0 Å². The van der Waals surface area contributed by atoms with Crippen molar-refractivity contribution in [1.82, 2.24) is 0 Å². The van der Waals surface area contributed by atoms with Gasteiger partial charge in [-0.1, -0.05) is 38.1 Å². The fourth-order valence-corrected chi connectivity index (χ4v) is 4.06. The van der Waals surface area contributed by atoms with Crippen LogP contribution in [0.1, 0.15) is 61.4 Å². The lowest BCUT2D eigenvalue weighted by Crippen LogP contribution is -2.36. The fourth-order valence-electron chi connectivity index (χ4n) is 4.06. The second-order valence-electron chi connectivity index (χ2n) is 7.31. The number of ether oxygens (including phenoxy) is 1. The zero-order valence-corrected chi connectivity index (χ0v) is 14.3. The number of phenols is 1. The molecule has 2 aromatic carbocycles. The highest BCUT2D eigenvalue weighted by atomic mass is 16.5. The van der Waals surface area contributed by atoms with Gasteiger partial charge in [0.2, 0.25) is 0 Å². The Hall–Kier alpha value is -2.00. The number of fused-ring (bicyclic) bond motifs is 3. The first kappa shape index (κ1) is 15.5. The first-order chi connectivity index (χ1) is 11.6. The molecular formula is C21H25NO2. The zero-order valence-electron chi connectivity index (χ0n) is 14.3. The van der Waals surface area contributed by atoms with E-state index in [0.29, 0.717) is 17.6 Å². The van der Waals surface area contributed by atoms with Gasteiger partial charge in [-0.15, -0.1) is 0 Å². The quantitative estimate of drug-likeness (QED) is 0.803. The van der Waals surface area contributed by atoms with Gasteiger partial charge in [-0.25, -0.2) is 0 Å². The summed E-state index contributed by atoms with van der Waals surface area (Å²) in [4.78, 5) is 0. The van der Waals surface area contributed by atoms with Crippen LogP contribution in [0.3, 0.4) is 0 Å². The number of nitrogens with one attached hydrogen (secondary N) is 1. The first-order valence-corrected chi connectivity index (χ1v) is 8.94. The van der Waals surface area contributed by atoms with Gasteiger partial charge in [-0.2, -0.15) is 0 Å². The summed E-state index contributed by atoms with van der Waals surface area (Å²) in [7, 11) is 0. The number of benzene rings is 2. The van der Waals surface area contributed by atoms with Crippen molar-refractivity contribution in [2.24, 2.45) is 5.92 Å². The lowest BCUT2D eigenvalue weighted by Gasteiger charge is -2.43. The number of hydrogen-bond acceptors (Lipinski definition) is 3. The van der Waals surface area contributed by atoms with E-state index in [1.54, 1.807) is 12.1 Å². The van der Waals surface area contributed by atoms with Gasteiger partial charge in [0.25, 0.3) is 0 Å². The van der Waals surface area contributed by atoms with Crippen LogP contribution in [0.4, 0.5) is 5.69 Å². The molecule has 3 nitrogen and oxygen atoms in total. The molecule has 0 saturated carbocycles. The van der Waals surface area contributed by atoms with Crippen molar-refractivity contribution < 1.29 is 9.84 Å². The second-order valence-corrected chi connectivity index (χ2v) is 7.31. The van der Waals surface area contributed by atoms with Crippen molar-refractivity contribution >= 4 is 5.69 Å². The van der Waals surface area contributed by atoms with E-state index in [4.69, 9.17) is 4.74 Å². The summed E-state index contributed by atoms with van der Waals surface area (Å²) in [5.74, 6) is 1.26. The van der Waals surface area contributed by atoms with Crippen molar-refractivity contribution in [2.45, 2.75) is 44.8 Å². The molecule has 0 aromatic heterocycles. The van der Waals surface area contributed by atoms with Crippen LogP contribution in [0.5, 0.6) is 5.75 Å². The molecule has 3 atom stereocenters. The van der Waals surface area contributed by atoms with Gasteiger partial charge in [0.05, 0.1) is 12.1 Å². The van der Waals surface area contributed by atoms with Gasteiger partial charge in [-0.3, -0.25) is 0 Å². The van der Waals surface area contributed by atoms with Crippen LogP contribution >= 0.6 is 0 Å². The summed E-state index contributed by atoms with van der Waals surface area (Å²) in [5, 5.41) is 13.3. The maximum absolute atomic E-state index is 9.58. The largest absolute Gasteiger partial charge is 0.508 e. The molecule has 1 fully saturated rings. The monoisotopic (exact) mass is 323 g/mol. The molecule has 24 heavy (non-hydrogen) atoms. The van der Waals surface area contributed by atoms with Crippen LogP contribution < -0.4 is 5.32 Å². The van der Waals surface area contributed by atoms with Gasteiger partial charge >= 0.3 is 0 Å². The summed E-state index contributed by atoms with van der Waals surface area (Å²) in [6.07, 6.45) is 2.43. The summed E-state index contributed by atoms with van der Waals surface area (Å²) in [6, 6.07) is 14.6. The average Bonchev–Trinajstić information content (AvgIpc) is 2.61. The Bertz CT molecular complexity index is 723. The molecule has 2 aromatic rings. The average molecular weight is 323 g/mol. The van der Waals surface area contributed by atoms with Crippen molar-refractivity contribution in [1.29, 1.82) is 0 Å². The maximum atomic E-state index is 9.58. The van der Waals surface area contributed by atoms with Gasteiger partial charge in [-0.05, 0) is 48.1 Å². The molecule has 2 unspecified atom stereocenters. The number of anilines is 1. The van der Waals surface area contributed by atoms with E-state index in [9.17, 15) is 5.11 Å². The summed E-state index contributed by atoms with van der Waals surface area (Å²) >= 11 is 0. The Labute approximate surface area is 143 Å². The van der Waals surface area contributed by atoms with E-state index in [0.717, 1.165) is 19.4 Å². The summed E-state index contributed by atoms with van der Waals surface area (Å²) in [6.45, 7) is 5.31. The highest BCUT2D eigenvalue weighted by molar-refractivity contribution is 5.58. The number of aromatic hydroxyl groups is 1. The Morgan fingerprint density at radius 2 is 1.92 bits per heavy atom. The highest BCUT2D eigenvalue weighted by Crippen LogP contribution is 2.49. The van der Waals surface area contributed by atoms with E-state index >= 15 is 0 Å². The molecule has 3 heteroatoms. The minimum atomic E-state index is 0.160. The minimum absolute atomic E-state index is 0.160. The van der Waals surface area contributed by atoms with E-state index in [2.05, 4.69) is 37.4 Å². The number of phenolic OH excluding ortho intramolecular Hbond substituents is 1. The van der Waals surface area contributed by atoms with E-state index in [-0.39, 0.29) is 12.1 Å². The third kappa shape index (κ3) is 2.67. The van der Waals surface area contributed by atoms with Crippen LogP contribution in [-0.4, -0.2) is 11.7 Å². The smallest absolute Gasteiger partial charge is 0.115 e. The van der Waals surface area contributed by atoms with Crippen molar-refractivity contribution in [2.75, 3.05) is 11.9 Å². The van der Waals surface area contributed by atoms with Crippen LogP contribution in [0, 0.1) is 5.92 Å². The normalized spacial score (nSPS) is 25.7. The minimum Gasteiger partial charge on any atom is -0.508 e. The van der Waals surface area contributed by atoms with Crippen LogP contribution in [-0.2, 0) is 4.74 Å². The van der Waals surface area contributed by atoms with Gasteiger partial charge in [0, 0.05) is 23.8 Å². The molecule has 0 spiro atoms. The van der Waals surface area contributed by atoms with Gasteiger partial charge < -0.3 is 15.2 Å². The second kappa shape index (κ2) is 6.14. The number of hydrogen-bond donors (Lipinski definition) is 2. The third-order valence-electron chi connectivity index (χ3n) is 5.41. The summed E-state index contributed by atoms with van der Waals surface area (Å²) < 4.78 is 6.23. The Balaban J connectivity index is 1.75. The highest BCUT2D eigenvalue weighted by Gasteiger charge is 2.39. The Morgan fingerprint density at radius 1 is 1.12 bits per heavy atom. The lowest BCUT2D eigenvalue weighted by molar-refractivity contribution is -0.0381. The molecule has 1 saturated heterocycles. The molecule has 2 N–H and O–H groups in total. The molecular weight excluding hydrogens is 298 g/mol. The summed E-state index contributed by atoms with van der Waals surface area (Å²) in [5.41, 5.74) is 5.07. The number of rotatable bonds is 2.